The van der Waals surface area contributed by atoms with Crippen molar-refractivity contribution in [3.05, 3.63) is 52.5 Å². The predicted molar refractivity (Wildman–Crippen MR) is 82.1 cm³/mol. The lowest BCUT2D eigenvalue weighted by molar-refractivity contribution is 0.489. The molecule has 1 aromatic heterocycles. The average Bonchev–Trinajstić information content (AvgIpc) is 2.78. The fraction of sp³-hybridized carbons (Fsp3) is 0.0714. The van der Waals surface area contributed by atoms with Crippen LogP contribution in [0, 0.1) is 0 Å². The molecular formula is C14H11BrN2OS. The second kappa shape index (κ2) is 5.27. The van der Waals surface area contributed by atoms with Crippen LogP contribution in [0.5, 0.6) is 0 Å². The molecule has 2 N–H and O–H groups in total. The molecule has 3 nitrogen and oxygen atoms in total. The Balaban J connectivity index is 1.78. The third-order valence-electron chi connectivity index (χ3n) is 2.64. The van der Waals surface area contributed by atoms with Crippen molar-refractivity contribution < 1.29 is 4.42 Å². The molecule has 1 heterocycles. The maximum atomic E-state index is 5.72. The molecule has 0 saturated carbocycles. The van der Waals surface area contributed by atoms with Crippen molar-refractivity contribution in [1.29, 1.82) is 0 Å². The van der Waals surface area contributed by atoms with Crippen LogP contribution in [0.15, 0.2) is 56.6 Å². The van der Waals surface area contributed by atoms with Gasteiger partial charge in [-0.1, -0.05) is 39.8 Å². The SMILES string of the molecule is Nc1ccc2nc(SCc3cccc(Br)c3)oc2c1. The van der Waals surface area contributed by atoms with Crippen molar-refractivity contribution in [2.75, 3.05) is 5.73 Å². The molecule has 3 aromatic rings. The minimum Gasteiger partial charge on any atom is -0.431 e. The summed E-state index contributed by atoms with van der Waals surface area (Å²) in [5, 5.41) is 0.667. The van der Waals surface area contributed by atoms with Crippen LogP contribution in [0.1, 0.15) is 5.56 Å². The molecule has 0 saturated heterocycles. The molecule has 0 unspecified atom stereocenters. The smallest absolute Gasteiger partial charge is 0.257 e. The number of thioether (sulfide) groups is 1. The summed E-state index contributed by atoms with van der Waals surface area (Å²) in [5.41, 5.74) is 9.20. The summed E-state index contributed by atoms with van der Waals surface area (Å²) in [7, 11) is 0. The van der Waals surface area contributed by atoms with Gasteiger partial charge in [0.05, 0.1) is 0 Å². The number of oxazole rings is 1. The minimum atomic E-state index is 0.667. The van der Waals surface area contributed by atoms with Crippen molar-refractivity contribution in [2.45, 2.75) is 11.0 Å². The van der Waals surface area contributed by atoms with E-state index in [4.69, 9.17) is 10.2 Å². The minimum absolute atomic E-state index is 0.667. The van der Waals surface area contributed by atoms with E-state index in [-0.39, 0.29) is 0 Å². The van der Waals surface area contributed by atoms with Gasteiger partial charge in [0.2, 0.25) is 0 Å². The number of rotatable bonds is 3. The van der Waals surface area contributed by atoms with Crippen molar-refractivity contribution in [3.8, 4) is 0 Å². The van der Waals surface area contributed by atoms with Crippen LogP contribution in [0.4, 0.5) is 5.69 Å². The summed E-state index contributed by atoms with van der Waals surface area (Å²) in [6.07, 6.45) is 0. The van der Waals surface area contributed by atoms with Gasteiger partial charge in [-0.3, -0.25) is 0 Å². The molecule has 0 radical (unpaired) electrons. The van der Waals surface area contributed by atoms with Crippen LogP contribution in [-0.2, 0) is 5.75 Å². The van der Waals surface area contributed by atoms with Crippen LogP contribution in [0.25, 0.3) is 11.1 Å². The van der Waals surface area contributed by atoms with Gasteiger partial charge in [0, 0.05) is 22.0 Å². The zero-order valence-corrected chi connectivity index (χ0v) is 12.4. The van der Waals surface area contributed by atoms with Crippen molar-refractivity contribution in [3.63, 3.8) is 0 Å². The van der Waals surface area contributed by atoms with Gasteiger partial charge in [-0.05, 0) is 29.8 Å². The lowest BCUT2D eigenvalue weighted by Crippen LogP contribution is -1.81. The van der Waals surface area contributed by atoms with Crippen LogP contribution in [0.3, 0.4) is 0 Å². The largest absolute Gasteiger partial charge is 0.431 e. The first-order chi connectivity index (χ1) is 9.20. The number of aromatic nitrogens is 1. The van der Waals surface area contributed by atoms with Gasteiger partial charge in [-0.25, -0.2) is 4.98 Å². The lowest BCUT2D eigenvalue weighted by Gasteiger charge is -1.98. The summed E-state index contributed by atoms with van der Waals surface area (Å²) in [6.45, 7) is 0. The number of halogens is 1. The molecule has 0 bridgehead atoms. The summed E-state index contributed by atoms with van der Waals surface area (Å²) in [4.78, 5) is 4.42. The number of fused-ring (bicyclic) bond motifs is 1. The Labute approximate surface area is 123 Å². The summed E-state index contributed by atoms with van der Waals surface area (Å²) in [6, 6.07) is 13.7. The first-order valence-corrected chi connectivity index (χ1v) is 7.52. The maximum Gasteiger partial charge on any atom is 0.257 e. The highest BCUT2D eigenvalue weighted by atomic mass is 79.9. The molecule has 5 heteroatoms. The van der Waals surface area contributed by atoms with Gasteiger partial charge in [0.1, 0.15) is 5.52 Å². The Hall–Kier alpha value is -1.46. The van der Waals surface area contributed by atoms with E-state index in [2.05, 4.69) is 33.0 Å². The van der Waals surface area contributed by atoms with E-state index in [1.165, 1.54) is 5.56 Å². The molecular weight excluding hydrogens is 324 g/mol. The van der Waals surface area contributed by atoms with Gasteiger partial charge in [0.25, 0.3) is 5.22 Å². The molecule has 0 atom stereocenters. The predicted octanol–water partition coefficient (Wildman–Crippen LogP) is 4.46. The number of nitrogen functional groups attached to an aromatic ring is 1. The van der Waals surface area contributed by atoms with E-state index in [0.717, 1.165) is 21.3 Å². The number of nitrogens with two attached hydrogens (primary N) is 1. The molecule has 0 aliphatic rings. The van der Waals surface area contributed by atoms with E-state index < -0.39 is 0 Å². The Morgan fingerprint density at radius 1 is 1.21 bits per heavy atom. The third-order valence-corrected chi connectivity index (χ3v) is 4.04. The molecule has 0 spiro atoms. The molecule has 96 valence electrons. The van der Waals surface area contributed by atoms with Gasteiger partial charge < -0.3 is 10.2 Å². The van der Waals surface area contributed by atoms with Crippen LogP contribution in [0.2, 0.25) is 0 Å². The second-order valence-electron chi connectivity index (χ2n) is 4.13. The highest BCUT2D eigenvalue weighted by Crippen LogP contribution is 2.27. The number of nitrogens with zero attached hydrogens (tertiary/aromatic N) is 1. The molecule has 0 amide bonds. The Bertz CT molecular complexity index is 726. The van der Waals surface area contributed by atoms with Crippen molar-refractivity contribution in [1.82, 2.24) is 4.98 Å². The van der Waals surface area contributed by atoms with Crippen molar-refractivity contribution >= 4 is 44.5 Å². The van der Waals surface area contributed by atoms with Gasteiger partial charge in [-0.15, -0.1) is 0 Å². The van der Waals surface area contributed by atoms with Gasteiger partial charge in [0.15, 0.2) is 5.58 Å². The fourth-order valence-electron chi connectivity index (χ4n) is 1.75. The molecule has 0 aliphatic heterocycles. The van der Waals surface area contributed by atoms with E-state index in [1.807, 2.05) is 24.3 Å². The standard InChI is InChI=1S/C14H11BrN2OS/c15-10-3-1-2-9(6-10)8-19-14-17-12-5-4-11(16)7-13(12)18-14/h1-7H,8,16H2. The van der Waals surface area contributed by atoms with E-state index in [0.29, 0.717) is 10.9 Å². The van der Waals surface area contributed by atoms with E-state index in [1.54, 1.807) is 17.8 Å². The highest BCUT2D eigenvalue weighted by molar-refractivity contribution is 9.10. The van der Waals surface area contributed by atoms with E-state index >= 15 is 0 Å². The molecule has 2 aromatic carbocycles. The second-order valence-corrected chi connectivity index (χ2v) is 5.97. The topological polar surface area (TPSA) is 52.0 Å². The quantitative estimate of drug-likeness (QED) is 0.567. The number of hydrogen-bond acceptors (Lipinski definition) is 4. The van der Waals surface area contributed by atoms with Crippen LogP contribution >= 0.6 is 27.7 Å². The summed E-state index contributed by atoms with van der Waals surface area (Å²) >= 11 is 5.04. The molecule has 0 fully saturated rings. The number of benzene rings is 2. The number of hydrogen-bond donors (Lipinski definition) is 1. The Morgan fingerprint density at radius 3 is 2.95 bits per heavy atom. The number of anilines is 1. The Morgan fingerprint density at radius 2 is 2.11 bits per heavy atom. The highest BCUT2D eigenvalue weighted by Gasteiger charge is 2.07. The molecule has 19 heavy (non-hydrogen) atoms. The summed E-state index contributed by atoms with van der Waals surface area (Å²) < 4.78 is 6.74. The first-order valence-electron chi connectivity index (χ1n) is 5.74. The van der Waals surface area contributed by atoms with Gasteiger partial charge >= 0.3 is 0 Å². The average molecular weight is 335 g/mol. The maximum absolute atomic E-state index is 5.72. The van der Waals surface area contributed by atoms with Crippen LogP contribution in [-0.4, -0.2) is 4.98 Å². The third kappa shape index (κ3) is 2.93. The Kier molecular flexibility index (Phi) is 3.48. The van der Waals surface area contributed by atoms with Crippen molar-refractivity contribution in [2.24, 2.45) is 0 Å². The zero-order valence-electron chi connectivity index (χ0n) is 9.97. The molecule has 0 aliphatic carbocycles. The molecule has 3 rings (SSSR count). The fourth-order valence-corrected chi connectivity index (χ4v) is 2.98. The normalized spacial score (nSPS) is 11.0. The van der Waals surface area contributed by atoms with Crippen LogP contribution < -0.4 is 5.73 Å². The van der Waals surface area contributed by atoms with Gasteiger partial charge in [-0.2, -0.15) is 0 Å². The lowest BCUT2D eigenvalue weighted by atomic mass is 10.2. The van der Waals surface area contributed by atoms with E-state index in [9.17, 15) is 0 Å². The zero-order chi connectivity index (χ0) is 13.2. The first kappa shape index (κ1) is 12.6. The summed E-state index contributed by atoms with van der Waals surface area (Å²) in [5.74, 6) is 0.821. The monoisotopic (exact) mass is 334 g/mol.